The van der Waals surface area contributed by atoms with Gasteiger partial charge in [0.15, 0.2) is 0 Å². The van der Waals surface area contributed by atoms with E-state index in [1.54, 1.807) is 6.08 Å². The summed E-state index contributed by atoms with van der Waals surface area (Å²) in [6, 6.07) is -1.01. The van der Waals surface area contributed by atoms with E-state index in [2.05, 4.69) is 67.8 Å². The van der Waals surface area contributed by atoms with E-state index < -0.39 is 38.6 Å². The smallest absolute Gasteiger partial charge is 0.393 e. The van der Waals surface area contributed by atoms with Crippen LogP contribution in [0.3, 0.4) is 0 Å². The second-order valence-electron chi connectivity index (χ2n) is 13.7. The lowest BCUT2D eigenvalue weighted by atomic mass is 10.0. The number of aliphatic hydroxyl groups excluding tert-OH is 2. The van der Waals surface area contributed by atoms with Gasteiger partial charge in [-0.3, -0.25) is 13.8 Å². The van der Waals surface area contributed by atoms with E-state index in [1.807, 2.05) is 6.08 Å². The van der Waals surface area contributed by atoms with Crippen LogP contribution in [0.25, 0.3) is 0 Å². The summed E-state index contributed by atoms with van der Waals surface area (Å²) in [6.07, 6.45) is 43.0. The molecule has 0 saturated heterocycles. The SMILES string of the molecule is CCCCC/C=C\C=C/CCCCCCCCCCC(O)CC(=O)NC(COP(=O)(O)OCCN)C(O)/C=C/CC/C=C/CC/C=C/CCCCC. The molecule has 4 atom stereocenters. The Bertz CT molecular complexity index is 1010. The summed E-state index contributed by atoms with van der Waals surface area (Å²) in [5.41, 5.74) is 5.35. The van der Waals surface area contributed by atoms with E-state index >= 15 is 0 Å². The first-order valence-corrected chi connectivity index (χ1v) is 22.0. The van der Waals surface area contributed by atoms with E-state index in [1.165, 1.54) is 77.0 Å². The average Bonchev–Trinajstić information content (AvgIpc) is 3.12. The van der Waals surface area contributed by atoms with Gasteiger partial charge in [-0.05, 0) is 70.6 Å². The number of phosphoric acid groups is 1. The van der Waals surface area contributed by atoms with Crippen molar-refractivity contribution in [2.45, 2.75) is 180 Å². The number of rotatable bonds is 37. The minimum absolute atomic E-state index is 0.0390. The highest BCUT2D eigenvalue weighted by Gasteiger charge is 2.27. The Morgan fingerprint density at radius 2 is 1.15 bits per heavy atom. The van der Waals surface area contributed by atoms with Crippen molar-refractivity contribution in [2.24, 2.45) is 5.73 Å². The van der Waals surface area contributed by atoms with Crippen LogP contribution < -0.4 is 11.1 Å². The Morgan fingerprint density at radius 1 is 0.673 bits per heavy atom. The van der Waals surface area contributed by atoms with Crippen LogP contribution in [0.5, 0.6) is 0 Å². The van der Waals surface area contributed by atoms with Crippen LogP contribution in [-0.4, -0.2) is 59.0 Å². The van der Waals surface area contributed by atoms with Crippen molar-refractivity contribution in [1.29, 1.82) is 0 Å². The first kappa shape index (κ1) is 50.2. The highest BCUT2D eigenvalue weighted by atomic mass is 31.2. The number of unbranched alkanes of at least 4 members (excludes halogenated alkanes) is 16. The summed E-state index contributed by atoms with van der Waals surface area (Å²) in [6.45, 7) is 3.85. The molecule has 0 aromatic heterocycles. The van der Waals surface area contributed by atoms with Gasteiger partial charge in [0.05, 0.1) is 37.9 Å². The van der Waals surface area contributed by atoms with E-state index in [4.69, 9.17) is 14.8 Å². The molecule has 0 bridgehead atoms. The molecule has 0 rings (SSSR count). The lowest BCUT2D eigenvalue weighted by molar-refractivity contribution is -0.124. The summed E-state index contributed by atoms with van der Waals surface area (Å²) in [4.78, 5) is 22.7. The Morgan fingerprint density at radius 3 is 1.71 bits per heavy atom. The zero-order valence-electron chi connectivity index (χ0n) is 32.9. The quantitative estimate of drug-likeness (QED) is 0.0182. The zero-order valence-corrected chi connectivity index (χ0v) is 33.8. The highest BCUT2D eigenvalue weighted by Crippen LogP contribution is 2.43. The fraction of sp³-hybridized carbons (Fsp3) is 0.738. The molecule has 6 N–H and O–H groups in total. The van der Waals surface area contributed by atoms with Crippen LogP contribution >= 0.6 is 7.82 Å². The van der Waals surface area contributed by atoms with Crippen LogP contribution in [0.4, 0.5) is 0 Å². The van der Waals surface area contributed by atoms with Gasteiger partial charge < -0.3 is 26.2 Å². The van der Waals surface area contributed by atoms with Gasteiger partial charge in [0.25, 0.3) is 0 Å². The number of nitrogens with one attached hydrogen (secondary N) is 1. The maximum absolute atomic E-state index is 12.8. The van der Waals surface area contributed by atoms with Gasteiger partial charge in [-0.25, -0.2) is 4.57 Å². The molecule has 0 heterocycles. The largest absolute Gasteiger partial charge is 0.472 e. The van der Waals surface area contributed by atoms with Crippen LogP contribution in [0.2, 0.25) is 0 Å². The number of carbonyl (C=O) groups excluding carboxylic acids is 1. The molecular formula is C42H77N2O7P. The van der Waals surface area contributed by atoms with Crippen molar-refractivity contribution in [3.8, 4) is 0 Å². The molecule has 1 amide bonds. The monoisotopic (exact) mass is 753 g/mol. The van der Waals surface area contributed by atoms with Crippen molar-refractivity contribution in [2.75, 3.05) is 19.8 Å². The maximum Gasteiger partial charge on any atom is 0.472 e. The third kappa shape index (κ3) is 35.2. The van der Waals surface area contributed by atoms with Crippen LogP contribution in [0, 0.1) is 0 Å². The number of hydrogen-bond donors (Lipinski definition) is 5. The summed E-state index contributed by atoms with van der Waals surface area (Å²) in [5.74, 6) is -0.468. The van der Waals surface area contributed by atoms with Crippen LogP contribution in [0.15, 0.2) is 60.8 Å². The van der Waals surface area contributed by atoms with Crippen molar-refractivity contribution < 1.29 is 33.5 Å². The molecule has 302 valence electrons. The highest BCUT2D eigenvalue weighted by molar-refractivity contribution is 7.47. The molecule has 0 aliphatic rings. The standard InChI is InChI=1S/C42H77N2O7P/c1-3-5-7-9-11-13-15-17-18-19-20-22-23-25-27-29-31-33-39(45)37-42(47)44-40(38-51-52(48,49)50-36-35-43)41(46)34-32-30-28-26-24-21-16-14-12-10-8-6-4-2/h11-15,17,24,26,32,34,39-41,45-46H,3-10,16,18-23,25,27-31,33,35-38,43H2,1-2H3,(H,44,47)(H,48,49)/b13-11-,14-12+,17-15-,26-24+,34-32+. The van der Waals surface area contributed by atoms with Crippen molar-refractivity contribution in [3.63, 3.8) is 0 Å². The molecule has 52 heavy (non-hydrogen) atoms. The number of carbonyl (C=O) groups is 1. The molecule has 0 radical (unpaired) electrons. The number of hydrogen-bond acceptors (Lipinski definition) is 7. The van der Waals surface area contributed by atoms with E-state index in [9.17, 15) is 24.5 Å². The van der Waals surface area contributed by atoms with Gasteiger partial charge in [-0.2, -0.15) is 0 Å². The van der Waals surface area contributed by atoms with Crippen molar-refractivity contribution in [3.05, 3.63) is 60.8 Å². The molecule has 9 nitrogen and oxygen atoms in total. The average molecular weight is 753 g/mol. The van der Waals surface area contributed by atoms with E-state index in [0.29, 0.717) is 12.8 Å². The first-order valence-electron chi connectivity index (χ1n) is 20.5. The topological polar surface area (TPSA) is 151 Å². The van der Waals surface area contributed by atoms with E-state index in [0.717, 1.165) is 51.4 Å². The van der Waals surface area contributed by atoms with Crippen molar-refractivity contribution in [1.82, 2.24) is 5.32 Å². The van der Waals surface area contributed by atoms with E-state index in [-0.39, 0.29) is 19.6 Å². The lowest BCUT2D eigenvalue weighted by Gasteiger charge is -2.24. The number of allylic oxidation sites excluding steroid dienone is 9. The molecule has 4 unspecified atom stereocenters. The van der Waals surface area contributed by atoms with Gasteiger partial charge in [0.1, 0.15) is 0 Å². The number of aliphatic hydroxyl groups is 2. The number of amides is 1. The molecule has 10 heteroatoms. The van der Waals surface area contributed by atoms with Gasteiger partial charge in [0, 0.05) is 6.54 Å². The van der Waals surface area contributed by atoms with Gasteiger partial charge >= 0.3 is 7.82 Å². The van der Waals surface area contributed by atoms with Gasteiger partial charge in [-0.15, -0.1) is 0 Å². The van der Waals surface area contributed by atoms with Crippen LogP contribution in [0.1, 0.15) is 162 Å². The fourth-order valence-electron chi connectivity index (χ4n) is 5.49. The van der Waals surface area contributed by atoms with Crippen molar-refractivity contribution >= 4 is 13.7 Å². The third-order valence-electron chi connectivity index (χ3n) is 8.63. The van der Waals surface area contributed by atoms with Gasteiger partial charge in [-0.1, -0.05) is 145 Å². The molecule has 0 saturated carbocycles. The lowest BCUT2D eigenvalue weighted by Crippen LogP contribution is -2.46. The first-order chi connectivity index (χ1) is 25.3. The Hall–Kier alpha value is -1.84. The third-order valence-corrected chi connectivity index (χ3v) is 9.61. The fourth-order valence-corrected chi connectivity index (χ4v) is 6.25. The second-order valence-corrected chi connectivity index (χ2v) is 15.1. The summed E-state index contributed by atoms with van der Waals surface area (Å²) >= 11 is 0. The summed E-state index contributed by atoms with van der Waals surface area (Å²) < 4.78 is 22.0. The normalized spacial score (nSPS) is 15.4. The Kier molecular flexibility index (Phi) is 36.1. The number of nitrogens with two attached hydrogens (primary N) is 1. The van der Waals surface area contributed by atoms with Crippen LogP contribution in [-0.2, 0) is 18.4 Å². The second kappa shape index (κ2) is 37.5. The zero-order chi connectivity index (χ0) is 38.4. The molecular weight excluding hydrogens is 675 g/mol. The predicted octanol–water partition coefficient (Wildman–Crippen LogP) is 10.1. The molecule has 0 aromatic carbocycles. The minimum atomic E-state index is -4.41. The minimum Gasteiger partial charge on any atom is -0.393 e. The Labute approximate surface area is 317 Å². The molecule has 0 fully saturated rings. The summed E-state index contributed by atoms with van der Waals surface area (Å²) in [5, 5.41) is 24.0. The molecule has 0 aliphatic heterocycles. The van der Waals surface area contributed by atoms with Gasteiger partial charge in [0.2, 0.25) is 5.91 Å². The maximum atomic E-state index is 12.8. The molecule has 0 spiro atoms. The Balaban J connectivity index is 4.42. The summed E-state index contributed by atoms with van der Waals surface area (Å²) in [7, 11) is -4.41. The molecule has 0 aromatic rings. The predicted molar refractivity (Wildman–Crippen MR) is 218 cm³/mol. The number of phosphoric ester groups is 1. The molecule has 0 aliphatic carbocycles.